The predicted molar refractivity (Wildman–Crippen MR) is 109 cm³/mol. The molecule has 0 aliphatic carbocycles. The second-order valence-corrected chi connectivity index (χ2v) is 6.89. The summed E-state index contributed by atoms with van der Waals surface area (Å²) in [5.74, 6) is 0.801. The first-order valence-electron chi connectivity index (χ1n) is 9.31. The molecular formula is C22H25N3O. The largest absolute Gasteiger partial charge is 0.494 e. The highest BCUT2D eigenvalue weighted by Crippen LogP contribution is 2.32. The summed E-state index contributed by atoms with van der Waals surface area (Å²) in [7, 11) is 1.69. The molecule has 4 nitrogen and oxygen atoms in total. The van der Waals surface area contributed by atoms with E-state index in [2.05, 4.69) is 51.6 Å². The van der Waals surface area contributed by atoms with Crippen LogP contribution in [0.15, 0.2) is 48.5 Å². The summed E-state index contributed by atoms with van der Waals surface area (Å²) in [4.78, 5) is 7.13. The molecule has 1 aliphatic heterocycles. The number of fused-ring (bicyclic) bond motifs is 1. The van der Waals surface area contributed by atoms with E-state index in [0.29, 0.717) is 0 Å². The van der Waals surface area contributed by atoms with Gasteiger partial charge in [0.05, 0.1) is 7.11 Å². The first-order valence-corrected chi connectivity index (χ1v) is 9.31. The smallest absolute Gasteiger partial charge is 0.145 e. The molecular weight excluding hydrogens is 322 g/mol. The van der Waals surface area contributed by atoms with Gasteiger partial charge in [-0.05, 0) is 62.6 Å². The van der Waals surface area contributed by atoms with Gasteiger partial charge < -0.3 is 15.0 Å². The van der Waals surface area contributed by atoms with Crippen molar-refractivity contribution in [3.63, 3.8) is 0 Å². The van der Waals surface area contributed by atoms with E-state index in [-0.39, 0.29) is 0 Å². The van der Waals surface area contributed by atoms with E-state index in [1.54, 1.807) is 7.11 Å². The Morgan fingerprint density at radius 1 is 1.00 bits per heavy atom. The van der Waals surface area contributed by atoms with Crippen LogP contribution < -0.4 is 15.0 Å². The molecule has 0 unspecified atom stereocenters. The Balaban J connectivity index is 1.62. The number of hydrogen-bond donors (Lipinski definition) is 1. The summed E-state index contributed by atoms with van der Waals surface area (Å²) in [6, 6.07) is 16.9. The Labute approximate surface area is 154 Å². The number of aryl methyl sites for hydroxylation is 1. The molecule has 1 N–H and O–H groups in total. The quantitative estimate of drug-likeness (QED) is 0.696. The third-order valence-corrected chi connectivity index (χ3v) is 5.02. The van der Waals surface area contributed by atoms with Crippen molar-refractivity contribution >= 4 is 28.0 Å². The molecule has 1 saturated heterocycles. The van der Waals surface area contributed by atoms with E-state index in [1.807, 2.05) is 19.1 Å². The number of benzene rings is 2. The van der Waals surface area contributed by atoms with Crippen molar-refractivity contribution in [2.45, 2.75) is 26.2 Å². The molecule has 2 heterocycles. The van der Waals surface area contributed by atoms with Crippen LogP contribution in [0.2, 0.25) is 0 Å². The van der Waals surface area contributed by atoms with Crippen LogP contribution in [-0.4, -0.2) is 25.2 Å². The van der Waals surface area contributed by atoms with Crippen LogP contribution in [0.3, 0.4) is 0 Å². The van der Waals surface area contributed by atoms with Crippen LogP contribution in [0, 0.1) is 6.92 Å². The monoisotopic (exact) mass is 347 g/mol. The Hall–Kier alpha value is -2.75. The van der Waals surface area contributed by atoms with E-state index in [1.165, 1.54) is 38.0 Å². The van der Waals surface area contributed by atoms with Crippen LogP contribution >= 0.6 is 0 Å². The Kier molecular flexibility index (Phi) is 4.65. The average Bonchev–Trinajstić information content (AvgIpc) is 2.69. The average molecular weight is 347 g/mol. The molecule has 4 rings (SSSR count). The second-order valence-electron chi connectivity index (χ2n) is 6.89. The number of rotatable bonds is 4. The van der Waals surface area contributed by atoms with E-state index in [9.17, 15) is 0 Å². The zero-order chi connectivity index (χ0) is 17.9. The fraction of sp³-hybridized carbons (Fsp3) is 0.318. The Morgan fingerprint density at radius 2 is 1.77 bits per heavy atom. The number of aromatic nitrogens is 1. The highest BCUT2D eigenvalue weighted by Gasteiger charge is 2.12. The number of anilines is 3. The minimum atomic E-state index is 0.801. The zero-order valence-corrected chi connectivity index (χ0v) is 15.5. The molecule has 3 aromatic rings. The molecule has 0 bridgehead atoms. The van der Waals surface area contributed by atoms with Gasteiger partial charge in [-0.3, -0.25) is 0 Å². The van der Waals surface area contributed by atoms with E-state index < -0.39 is 0 Å². The minimum Gasteiger partial charge on any atom is -0.494 e. The van der Waals surface area contributed by atoms with Crippen LogP contribution in [-0.2, 0) is 0 Å². The molecule has 4 heteroatoms. The van der Waals surface area contributed by atoms with Crippen molar-refractivity contribution in [1.29, 1.82) is 0 Å². The van der Waals surface area contributed by atoms with E-state index in [4.69, 9.17) is 4.74 Å². The number of methoxy groups -OCH3 is 1. The van der Waals surface area contributed by atoms with Crippen molar-refractivity contribution < 1.29 is 4.74 Å². The number of pyridine rings is 1. The molecule has 0 spiro atoms. The number of piperidine rings is 1. The van der Waals surface area contributed by atoms with Crippen LogP contribution in [0.5, 0.6) is 5.75 Å². The number of nitrogens with one attached hydrogen (secondary N) is 1. The molecule has 134 valence electrons. The normalized spacial score (nSPS) is 14.5. The van der Waals surface area contributed by atoms with E-state index in [0.717, 1.165) is 33.7 Å². The van der Waals surface area contributed by atoms with Crippen molar-refractivity contribution in [1.82, 2.24) is 4.98 Å². The van der Waals surface area contributed by atoms with Crippen LogP contribution in [0.4, 0.5) is 17.1 Å². The third kappa shape index (κ3) is 3.32. The van der Waals surface area contributed by atoms with Crippen LogP contribution in [0.1, 0.15) is 25.0 Å². The van der Waals surface area contributed by atoms with Gasteiger partial charge in [0.15, 0.2) is 0 Å². The predicted octanol–water partition coefficient (Wildman–Crippen LogP) is 5.29. The van der Waals surface area contributed by atoms with Crippen molar-refractivity contribution in [2.75, 3.05) is 30.4 Å². The summed E-state index contributed by atoms with van der Waals surface area (Å²) in [5.41, 5.74) is 5.31. The Bertz CT molecular complexity index is 899. The number of nitrogens with zero attached hydrogens (tertiary/aromatic N) is 2. The van der Waals surface area contributed by atoms with Gasteiger partial charge in [-0.1, -0.05) is 12.1 Å². The number of ether oxygens (including phenoxy) is 1. The van der Waals surface area contributed by atoms with Gasteiger partial charge in [0.1, 0.15) is 11.3 Å². The number of hydrogen-bond acceptors (Lipinski definition) is 4. The third-order valence-electron chi connectivity index (χ3n) is 5.02. The molecule has 0 atom stereocenters. The highest BCUT2D eigenvalue weighted by atomic mass is 16.5. The molecule has 1 aromatic heterocycles. The van der Waals surface area contributed by atoms with Crippen molar-refractivity contribution in [3.05, 3.63) is 54.2 Å². The maximum Gasteiger partial charge on any atom is 0.145 e. The van der Waals surface area contributed by atoms with Gasteiger partial charge in [0.25, 0.3) is 0 Å². The lowest BCUT2D eigenvalue weighted by Crippen LogP contribution is -2.29. The molecule has 0 amide bonds. The lowest BCUT2D eigenvalue weighted by Gasteiger charge is -2.28. The van der Waals surface area contributed by atoms with Gasteiger partial charge in [0, 0.05) is 41.2 Å². The maximum absolute atomic E-state index is 5.47. The fourth-order valence-electron chi connectivity index (χ4n) is 3.68. The van der Waals surface area contributed by atoms with Gasteiger partial charge >= 0.3 is 0 Å². The number of para-hydroxylation sites is 1. The summed E-state index contributed by atoms with van der Waals surface area (Å²) >= 11 is 0. The summed E-state index contributed by atoms with van der Waals surface area (Å²) in [5, 5.41) is 4.62. The first-order chi connectivity index (χ1) is 12.7. The summed E-state index contributed by atoms with van der Waals surface area (Å²) in [6.45, 7) is 4.35. The highest BCUT2D eigenvalue weighted by molar-refractivity contribution is 5.96. The summed E-state index contributed by atoms with van der Waals surface area (Å²) < 4.78 is 5.47. The zero-order valence-electron chi connectivity index (χ0n) is 15.5. The maximum atomic E-state index is 5.47. The summed E-state index contributed by atoms with van der Waals surface area (Å²) in [6.07, 6.45) is 3.95. The Morgan fingerprint density at radius 3 is 2.50 bits per heavy atom. The minimum absolute atomic E-state index is 0.801. The first kappa shape index (κ1) is 16.7. The standard InChI is InChI=1S/C22H25N3O/c1-16-15-20(19-7-6-8-21(26-2)22(19)23-16)24-17-9-11-18(12-10-17)25-13-4-3-5-14-25/h6-12,15H,3-5,13-14H2,1-2H3,(H,23,24). The van der Waals surface area contributed by atoms with Crippen LogP contribution in [0.25, 0.3) is 10.9 Å². The molecule has 26 heavy (non-hydrogen) atoms. The molecule has 1 aliphatic rings. The van der Waals surface area contributed by atoms with Gasteiger partial charge in [0.2, 0.25) is 0 Å². The van der Waals surface area contributed by atoms with Gasteiger partial charge in [-0.2, -0.15) is 0 Å². The van der Waals surface area contributed by atoms with Crippen molar-refractivity contribution in [2.24, 2.45) is 0 Å². The van der Waals surface area contributed by atoms with Gasteiger partial charge in [-0.25, -0.2) is 4.98 Å². The molecule has 0 radical (unpaired) electrons. The van der Waals surface area contributed by atoms with E-state index >= 15 is 0 Å². The topological polar surface area (TPSA) is 37.4 Å². The van der Waals surface area contributed by atoms with Gasteiger partial charge in [-0.15, -0.1) is 0 Å². The molecule has 2 aromatic carbocycles. The second kappa shape index (κ2) is 7.24. The lowest BCUT2D eigenvalue weighted by atomic mass is 10.1. The molecule has 1 fully saturated rings. The fourth-order valence-corrected chi connectivity index (χ4v) is 3.68. The van der Waals surface area contributed by atoms with Crippen molar-refractivity contribution in [3.8, 4) is 5.75 Å². The lowest BCUT2D eigenvalue weighted by molar-refractivity contribution is 0.419. The SMILES string of the molecule is COc1cccc2c(Nc3ccc(N4CCCCC4)cc3)cc(C)nc12. The molecule has 0 saturated carbocycles.